The van der Waals surface area contributed by atoms with Crippen molar-refractivity contribution in [3.05, 3.63) is 23.8 Å². The van der Waals surface area contributed by atoms with Gasteiger partial charge in [-0.3, -0.25) is 4.79 Å². The number of nitrogens with two attached hydrogens (primary N) is 1. The van der Waals surface area contributed by atoms with E-state index in [1.165, 1.54) is 11.3 Å². The fourth-order valence-electron chi connectivity index (χ4n) is 3.16. The number of carbonyl (C=O) groups excluding carboxylic acids is 1. The van der Waals surface area contributed by atoms with E-state index in [1.54, 1.807) is 0 Å². The molecule has 1 atom stereocenters. The largest absolute Gasteiger partial charge is 0.378 e. The first-order chi connectivity index (χ1) is 10.2. The van der Waals surface area contributed by atoms with Gasteiger partial charge in [0.2, 0.25) is 5.91 Å². The number of benzene rings is 1. The second-order valence-corrected chi connectivity index (χ2v) is 5.88. The third-order valence-electron chi connectivity index (χ3n) is 4.38. The lowest BCUT2D eigenvalue weighted by Crippen LogP contribution is -2.36. The molecule has 1 aromatic carbocycles. The Morgan fingerprint density at radius 3 is 2.71 bits per heavy atom. The lowest BCUT2D eigenvalue weighted by Gasteiger charge is -2.30. The SMILES string of the molecule is Cc1cc(N2CC(CN)CC2=O)ccc1N1CCOCC1. The Morgan fingerprint density at radius 1 is 1.33 bits per heavy atom. The van der Waals surface area contributed by atoms with Gasteiger partial charge in [-0.15, -0.1) is 0 Å². The third-order valence-corrected chi connectivity index (χ3v) is 4.38. The number of ether oxygens (including phenoxy) is 1. The molecule has 0 aliphatic carbocycles. The van der Waals surface area contributed by atoms with Crippen LogP contribution in [0.5, 0.6) is 0 Å². The highest BCUT2D eigenvalue weighted by atomic mass is 16.5. The summed E-state index contributed by atoms with van der Waals surface area (Å²) in [5, 5.41) is 0. The van der Waals surface area contributed by atoms with Crippen molar-refractivity contribution in [3.63, 3.8) is 0 Å². The number of hydrogen-bond acceptors (Lipinski definition) is 4. The molecule has 0 aromatic heterocycles. The fourth-order valence-corrected chi connectivity index (χ4v) is 3.16. The average molecular weight is 289 g/mol. The molecular weight excluding hydrogens is 266 g/mol. The summed E-state index contributed by atoms with van der Waals surface area (Å²) in [6.07, 6.45) is 0.570. The molecule has 5 heteroatoms. The second kappa shape index (κ2) is 6.03. The number of amides is 1. The Morgan fingerprint density at radius 2 is 2.10 bits per heavy atom. The molecule has 0 radical (unpaired) electrons. The minimum Gasteiger partial charge on any atom is -0.378 e. The molecule has 2 saturated heterocycles. The zero-order chi connectivity index (χ0) is 14.8. The molecule has 2 aliphatic heterocycles. The summed E-state index contributed by atoms with van der Waals surface area (Å²) < 4.78 is 5.40. The standard InChI is InChI=1S/C16H23N3O2/c1-12-8-14(19-11-13(10-17)9-16(19)20)2-3-15(12)18-4-6-21-7-5-18/h2-3,8,13H,4-7,9-11,17H2,1H3. The van der Waals surface area contributed by atoms with Gasteiger partial charge in [0.15, 0.2) is 0 Å². The maximum absolute atomic E-state index is 12.1. The number of morpholine rings is 1. The van der Waals surface area contributed by atoms with Crippen LogP contribution in [0.2, 0.25) is 0 Å². The zero-order valence-corrected chi connectivity index (χ0v) is 12.5. The van der Waals surface area contributed by atoms with Crippen molar-refractivity contribution in [2.75, 3.05) is 49.2 Å². The van der Waals surface area contributed by atoms with E-state index in [2.05, 4.69) is 30.0 Å². The first-order valence-electron chi connectivity index (χ1n) is 7.63. The van der Waals surface area contributed by atoms with Crippen molar-refractivity contribution in [2.24, 2.45) is 11.7 Å². The van der Waals surface area contributed by atoms with Crippen molar-refractivity contribution in [1.29, 1.82) is 0 Å². The zero-order valence-electron chi connectivity index (χ0n) is 12.5. The van der Waals surface area contributed by atoms with Crippen molar-refractivity contribution in [2.45, 2.75) is 13.3 Å². The van der Waals surface area contributed by atoms with Crippen LogP contribution in [-0.4, -0.2) is 45.3 Å². The van der Waals surface area contributed by atoms with Gasteiger partial charge in [0.1, 0.15) is 0 Å². The molecule has 5 nitrogen and oxygen atoms in total. The normalized spacial score (nSPS) is 23.0. The molecule has 2 fully saturated rings. The van der Waals surface area contributed by atoms with E-state index < -0.39 is 0 Å². The van der Waals surface area contributed by atoms with Crippen LogP contribution >= 0.6 is 0 Å². The van der Waals surface area contributed by atoms with E-state index in [0.717, 1.165) is 38.5 Å². The summed E-state index contributed by atoms with van der Waals surface area (Å²) >= 11 is 0. The Labute approximate surface area is 125 Å². The predicted octanol–water partition coefficient (Wildman–Crippen LogP) is 1.14. The van der Waals surface area contributed by atoms with E-state index in [-0.39, 0.29) is 11.8 Å². The predicted molar refractivity (Wildman–Crippen MR) is 83.7 cm³/mol. The summed E-state index contributed by atoms with van der Waals surface area (Å²) in [6, 6.07) is 6.29. The molecule has 3 rings (SSSR count). The van der Waals surface area contributed by atoms with Gasteiger partial charge >= 0.3 is 0 Å². The Bertz CT molecular complexity index is 526. The van der Waals surface area contributed by atoms with Crippen LogP contribution in [0, 0.1) is 12.8 Å². The number of hydrogen-bond donors (Lipinski definition) is 1. The van der Waals surface area contributed by atoms with E-state index in [0.29, 0.717) is 13.0 Å². The Balaban J connectivity index is 1.79. The molecule has 0 bridgehead atoms. The third kappa shape index (κ3) is 2.89. The molecular formula is C16H23N3O2. The van der Waals surface area contributed by atoms with Crippen LogP contribution in [0.15, 0.2) is 18.2 Å². The van der Waals surface area contributed by atoms with Gasteiger partial charge in [-0.05, 0) is 43.1 Å². The van der Waals surface area contributed by atoms with Gasteiger partial charge in [0.25, 0.3) is 0 Å². The highest BCUT2D eigenvalue weighted by Crippen LogP contribution is 2.30. The van der Waals surface area contributed by atoms with E-state index in [9.17, 15) is 4.79 Å². The maximum atomic E-state index is 12.1. The van der Waals surface area contributed by atoms with Gasteiger partial charge in [-0.1, -0.05) is 0 Å². The second-order valence-electron chi connectivity index (χ2n) is 5.88. The summed E-state index contributed by atoms with van der Waals surface area (Å²) in [7, 11) is 0. The summed E-state index contributed by atoms with van der Waals surface area (Å²) in [6.45, 7) is 6.85. The number of carbonyl (C=O) groups is 1. The minimum atomic E-state index is 0.184. The highest BCUT2D eigenvalue weighted by Gasteiger charge is 2.29. The molecule has 2 N–H and O–H groups in total. The maximum Gasteiger partial charge on any atom is 0.227 e. The van der Waals surface area contributed by atoms with Crippen LogP contribution in [-0.2, 0) is 9.53 Å². The van der Waals surface area contributed by atoms with Crippen molar-refractivity contribution < 1.29 is 9.53 Å². The molecule has 1 unspecified atom stereocenters. The van der Waals surface area contributed by atoms with Crippen molar-refractivity contribution in [1.82, 2.24) is 0 Å². The molecule has 0 saturated carbocycles. The smallest absolute Gasteiger partial charge is 0.227 e. The topological polar surface area (TPSA) is 58.8 Å². The van der Waals surface area contributed by atoms with E-state index in [4.69, 9.17) is 10.5 Å². The van der Waals surface area contributed by atoms with Gasteiger partial charge in [-0.25, -0.2) is 0 Å². The van der Waals surface area contributed by atoms with Gasteiger partial charge in [0.05, 0.1) is 13.2 Å². The van der Waals surface area contributed by atoms with Crippen molar-refractivity contribution >= 4 is 17.3 Å². The lowest BCUT2D eigenvalue weighted by molar-refractivity contribution is -0.117. The van der Waals surface area contributed by atoms with Gasteiger partial charge in [0, 0.05) is 37.4 Å². The van der Waals surface area contributed by atoms with E-state index >= 15 is 0 Å². The molecule has 1 aromatic rings. The molecule has 21 heavy (non-hydrogen) atoms. The van der Waals surface area contributed by atoms with E-state index in [1.807, 2.05) is 4.90 Å². The molecule has 2 heterocycles. The molecule has 2 aliphatic rings. The number of aryl methyl sites for hydroxylation is 1. The number of nitrogens with zero attached hydrogens (tertiary/aromatic N) is 2. The molecule has 114 valence electrons. The van der Waals surface area contributed by atoms with Crippen LogP contribution in [0.4, 0.5) is 11.4 Å². The Hall–Kier alpha value is -1.59. The lowest BCUT2D eigenvalue weighted by atomic mass is 10.1. The minimum absolute atomic E-state index is 0.184. The Kier molecular flexibility index (Phi) is 4.12. The highest BCUT2D eigenvalue weighted by molar-refractivity contribution is 5.96. The van der Waals surface area contributed by atoms with Gasteiger partial charge < -0.3 is 20.3 Å². The first-order valence-corrected chi connectivity index (χ1v) is 7.63. The van der Waals surface area contributed by atoms with Crippen molar-refractivity contribution in [3.8, 4) is 0 Å². The summed E-state index contributed by atoms with van der Waals surface area (Å²) in [4.78, 5) is 16.3. The van der Waals surface area contributed by atoms with Crippen LogP contribution in [0.25, 0.3) is 0 Å². The number of anilines is 2. The fraction of sp³-hybridized carbons (Fsp3) is 0.562. The quantitative estimate of drug-likeness (QED) is 0.906. The van der Waals surface area contributed by atoms with Gasteiger partial charge in [-0.2, -0.15) is 0 Å². The monoisotopic (exact) mass is 289 g/mol. The molecule has 0 spiro atoms. The number of rotatable bonds is 3. The summed E-state index contributed by atoms with van der Waals surface area (Å²) in [5.74, 6) is 0.473. The molecule has 1 amide bonds. The van der Waals surface area contributed by atoms with Crippen LogP contribution < -0.4 is 15.5 Å². The first kappa shape index (κ1) is 14.4. The van der Waals surface area contributed by atoms with Crippen LogP contribution in [0.3, 0.4) is 0 Å². The van der Waals surface area contributed by atoms with Crippen LogP contribution in [0.1, 0.15) is 12.0 Å². The average Bonchev–Trinajstić information content (AvgIpc) is 2.89. The summed E-state index contributed by atoms with van der Waals surface area (Å²) in [5.41, 5.74) is 9.13.